The summed E-state index contributed by atoms with van der Waals surface area (Å²) in [4.78, 5) is 34.7. The molecule has 6 heteroatoms. The highest BCUT2D eigenvalue weighted by Crippen LogP contribution is 2.22. The molecule has 0 radical (unpaired) electrons. The van der Waals surface area contributed by atoms with Gasteiger partial charge in [-0.2, -0.15) is 0 Å². The van der Waals surface area contributed by atoms with Gasteiger partial charge in [-0.3, -0.25) is 19.7 Å². The first-order chi connectivity index (χ1) is 7.40. The van der Waals surface area contributed by atoms with Crippen LogP contribution in [0.25, 0.3) is 0 Å². The summed E-state index contributed by atoms with van der Waals surface area (Å²) < 4.78 is 0. The highest BCUT2D eigenvalue weighted by molar-refractivity contribution is 6.16. The first-order valence-electron chi connectivity index (χ1n) is 5.54. The predicted octanol–water partition coefficient (Wildman–Crippen LogP) is 0.259. The molecule has 0 aromatic heterocycles. The van der Waals surface area contributed by atoms with Crippen molar-refractivity contribution in [3.05, 3.63) is 0 Å². The van der Waals surface area contributed by atoms with Crippen LogP contribution in [0.3, 0.4) is 0 Å². The van der Waals surface area contributed by atoms with E-state index in [-0.39, 0.29) is 30.0 Å². The lowest BCUT2D eigenvalue weighted by Crippen LogP contribution is -2.44. The summed E-state index contributed by atoms with van der Waals surface area (Å²) >= 11 is 0. The van der Waals surface area contributed by atoms with Gasteiger partial charge in [0.05, 0.1) is 12.0 Å². The normalized spacial score (nSPS) is 27.1. The maximum absolute atomic E-state index is 12.0. The van der Waals surface area contributed by atoms with Gasteiger partial charge in [0.2, 0.25) is 11.8 Å². The Balaban J connectivity index is 0.00000256. The van der Waals surface area contributed by atoms with Crippen LogP contribution in [0, 0.1) is 17.8 Å². The third kappa shape index (κ3) is 3.04. The molecule has 0 unspecified atom stereocenters. The van der Waals surface area contributed by atoms with E-state index in [1.807, 2.05) is 13.8 Å². The molecular weight excluding hydrogens is 244 g/mol. The smallest absolute Gasteiger partial charge is 0.238 e. The van der Waals surface area contributed by atoms with Crippen LogP contribution in [-0.4, -0.2) is 23.6 Å². The van der Waals surface area contributed by atoms with Crippen molar-refractivity contribution >= 4 is 30.0 Å². The third-order valence-corrected chi connectivity index (χ3v) is 3.33. The van der Waals surface area contributed by atoms with E-state index in [4.69, 9.17) is 5.73 Å². The fraction of sp³-hybridized carbons (Fsp3) is 0.727. The highest BCUT2D eigenvalue weighted by atomic mass is 35.5. The summed E-state index contributed by atoms with van der Waals surface area (Å²) in [5.41, 5.74) is 5.78. The van der Waals surface area contributed by atoms with E-state index >= 15 is 0 Å². The van der Waals surface area contributed by atoms with Gasteiger partial charge in [0.1, 0.15) is 5.92 Å². The average molecular weight is 263 g/mol. The van der Waals surface area contributed by atoms with Crippen molar-refractivity contribution in [2.45, 2.75) is 33.2 Å². The lowest BCUT2D eigenvalue weighted by molar-refractivity contribution is -0.134. The van der Waals surface area contributed by atoms with Gasteiger partial charge in [-0.1, -0.05) is 27.2 Å². The van der Waals surface area contributed by atoms with Gasteiger partial charge in [-0.15, -0.1) is 12.4 Å². The summed E-state index contributed by atoms with van der Waals surface area (Å²) in [6.07, 6.45) is 0.767. The minimum absolute atomic E-state index is 0. The molecule has 1 aliphatic heterocycles. The second kappa shape index (κ2) is 6.12. The number of hydrogen-bond acceptors (Lipinski definition) is 4. The van der Waals surface area contributed by atoms with Crippen molar-refractivity contribution in [2.24, 2.45) is 23.5 Å². The largest absolute Gasteiger partial charge is 0.321 e. The highest BCUT2D eigenvalue weighted by Gasteiger charge is 2.45. The molecule has 1 heterocycles. The van der Waals surface area contributed by atoms with Crippen molar-refractivity contribution in [1.29, 1.82) is 0 Å². The van der Waals surface area contributed by atoms with Crippen LogP contribution in [0.4, 0.5) is 0 Å². The van der Waals surface area contributed by atoms with E-state index in [1.54, 1.807) is 6.92 Å². The number of nitrogens with one attached hydrogen (secondary N) is 1. The van der Waals surface area contributed by atoms with Gasteiger partial charge in [0.25, 0.3) is 0 Å². The maximum Gasteiger partial charge on any atom is 0.238 e. The van der Waals surface area contributed by atoms with Gasteiger partial charge in [0.15, 0.2) is 5.78 Å². The standard InChI is InChI=1S/C11H18N2O3.ClH/c1-4-5(2)8(12)9(14)7-6(3)10(15)13-11(7)16;/h5-8H,4,12H2,1-3H3,(H,13,15,16);1H/t5-,6+,7-,8+;/m1./s1. The Kier molecular flexibility index (Phi) is 5.78. The minimum Gasteiger partial charge on any atom is -0.321 e. The zero-order valence-corrected chi connectivity index (χ0v) is 11.0. The number of imide groups is 1. The van der Waals surface area contributed by atoms with Crippen LogP contribution in [0.5, 0.6) is 0 Å². The van der Waals surface area contributed by atoms with Crippen LogP contribution < -0.4 is 11.1 Å². The van der Waals surface area contributed by atoms with Crippen LogP contribution in [0.1, 0.15) is 27.2 Å². The molecular formula is C11H19ClN2O3. The lowest BCUT2D eigenvalue weighted by atomic mass is 9.84. The number of ketones is 1. The van der Waals surface area contributed by atoms with Crippen molar-refractivity contribution in [3.8, 4) is 0 Å². The van der Waals surface area contributed by atoms with E-state index in [0.29, 0.717) is 0 Å². The second-order valence-electron chi connectivity index (χ2n) is 4.43. The summed E-state index contributed by atoms with van der Waals surface area (Å²) in [5.74, 6) is -2.72. The molecule has 1 aliphatic rings. The van der Waals surface area contributed by atoms with Crippen molar-refractivity contribution in [1.82, 2.24) is 5.32 Å². The van der Waals surface area contributed by atoms with E-state index < -0.39 is 23.8 Å². The number of halogens is 1. The molecule has 17 heavy (non-hydrogen) atoms. The Morgan fingerprint density at radius 2 is 1.94 bits per heavy atom. The molecule has 1 saturated heterocycles. The van der Waals surface area contributed by atoms with E-state index in [0.717, 1.165) is 6.42 Å². The number of rotatable bonds is 4. The van der Waals surface area contributed by atoms with Crippen LogP contribution in [0.15, 0.2) is 0 Å². The number of hydrogen-bond donors (Lipinski definition) is 2. The molecule has 0 spiro atoms. The van der Waals surface area contributed by atoms with Crippen LogP contribution in [-0.2, 0) is 14.4 Å². The Morgan fingerprint density at radius 1 is 1.41 bits per heavy atom. The van der Waals surface area contributed by atoms with Gasteiger partial charge >= 0.3 is 0 Å². The molecule has 1 rings (SSSR count). The van der Waals surface area contributed by atoms with Gasteiger partial charge in [-0.25, -0.2) is 0 Å². The summed E-state index contributed by atoms with van der Waals surface area (Å²) in [7, 11) is 0. The van der Waals surface area contributed by atoms with Gasteiger partial charge in [-0.05, 0) is 5.92 Å². The molecule has 1 fully saturated rings. The topological polar surface area (TPSA) is 89.3 Å². The Morgan fingerprint density at radius 3 is 2.29 bits per heavy atom. The Bertz CT molecular complexity index is 333. The quantitative estimate of drug-likeness (QED) is 0.562. The van der Waals surface area contributed by atoms with E-state index in [1.165, 1.54) is 0 Å². The second-order valence-corrected chi connectivity index (χ2v) is 4.43. The molecule has 4 atom stereocenters. The maximum atomic E-state index is 12.0. The minimum atomic E-state index is -0.906. The zero-order chi connectivity index (χ0) is 12.5. The fourth-order valence-electron chi connectivity index (χ4n) is 1.81. The molecule has 2 amide bonds. The number of Topliss-reactive ketones (excluding diaryl/α,β-unsaturated/α-hetero) is 1. The number of carbonyl (C=O) groups is 3. The number of carbonyl (C=O) groups excluding carboxylic acids is 3. The monoisotopic (exact) mass is 262 g/mol. The Hall–Kier alpha value is -0.940. The van der Waals surface area contributed by atoms with Crippen LogP contribution >= 0.6 is 12.4 Å². The first kappa shape index (κ1) is 16.1. The predicted molar refractivity (Wildman–Crippen MR) is 65.5 cm³/mol. The molecule has 0 saturated carbocycles. The van der Waals surface area contributed by atoms with Crippen molar-refractivity contribution in [3.63, 3.8) is 0 Å². The van der Waals surface area contributed by atoms with Gasteiger partial charge in [0, 0.05) is 0 Å². The van der Waals surface area contributed by atoms with Gasteiger partial charge < -0.3 is 5.73 Å². The summed E-state index contributed by atoms with van der Waals surface area (Å²) in [6.45, 7) is 5.37. The fourth-order valence-corrected chi connectivity index (χ4v) is 1.81. The summed E-state index contributed by atoms with van der Waals surface area (Å²) in [6, 6.07) is -0.672. The van der Waals surface area contributed by atoms with Crippen molar-refractivity contribution in [2.75, 3.05) is 0 Å². The number of nitrogens with two attached hydrogens (primary N) is 1. The molecule has 0 aromatic carbocycles. The lowest BCUT2D eigenvalue weighted by Gasteiger charge is -2.20. The molecule has 0 bridgehead atoms. The average Bonchev–Trinajstić information content (AvgIpc) is 2.50. The first-order valence-corrected chi connectivity index (χ1v) is 5.54. The molecule has 3 N–H and O–H groups in total. The van der Waals surface area contributed by atoms with E-state index in [9.17, 15) is 14.4 Å². The SMILES string of the molecule is CC[C@@H](C)[C@H](N)C(=O)[C@@H]1C(=O)NC(=O)[C@H]1C.Cl. The van der Waals surface area contributed by atoms with Crippen molar-refractivity contribution < 1.29 is 14.4 Å². The zero-order valence-electron chi connectivity index (χ0n) is 10.2. The Labute approximate surface area is 107 Å². The molecule has 98 valence electrons. The van der Waals surface area contributed by atoms with E-state index in [2.05, 4.69) is 5.32 Å². The number of amides is 2. The molecule has 0 aromatic rings. The third-order valence-electron chi connectivity index (χ3n) is 3.33. The van der Waals surface area contributed by atoms with Crippen LogP contribution in [0.2, 0.25) is 0 Å². The molecule has 0 aliphatic carbocycles. The summed E-state index contributed by atoms with van der Waals surface area (Å²) in [5, 5.41) is 2.16. The molecule has 5 nitrogen and oxygen atoms in total.